The number of esters is 1. The second-order valence-corrected chi connectivity index (χ2v) is 6.37. The molecule has 0 unspecified atom stereocenters. The van der Waals surface area contributed by atoms with Gasteiger partial charge in [0.1, 0.15) is 0 Å². The summed E-state index contributed by atoms with van der Waals surface area (Å²) in [5, 5.41) is 2.86. The summed E-state index contributed by atoms with van der Waals surface area (Å²) < 4.78 is 10.6. The van der Waals surface area contributed by atoms with Gasteiger partial charge in [0.25, 0.3) is 5.91 Å². The van der Waals surface area contributed by atoms with E-state index in [-0.39, 0.29) is 5.91 Å². The summed E-state index contributed by atoms with van der Waals surface area (Å²) in [7, 11) is 0. The molecule has 3 rings (SSSR count). The topological polar surface area (TPSA) is 67.9 Å². The first-order valence-electron chi connectivity index (χ1n) is 9.10. The van der Waals surface area contributed by atoms with Crippen LogP contribution in [0.3, 0.4) is 0 Å². The lowest BCUT2D eigenvalue weighted by molar-refractivity contribution is 0.0526. The summed E-state index contributed by atoms with van der Waals surface area (Å²) in [4.78, 5) is 27.0. The van der Waals surface area contributed by atoms with Gasteiger partial charge in [-0.15, -0.1) is 0 Å². The molecule has 0 aliphatic carbocycles. The maximum atomic E-state index is 12.5. The molecular weight excluding hydrogens is 344 g/mol. The fourth-order valence-electron chi connectivity index (χ4n) is 2.97. The van der Waals surface area contributed by atoms with Gasteiger partial charge < -0.3 is 19.7 Å². The number of rotatable bonds is 5. The third-order valence-corrected chi connectivity index (χ3v) is 4.42. The Labute approximate surface area is 159 Å². The van der Waals surface area contributed by atoms with Crippen molar-refractivity contribution in [2.45, 2.75) is 13.8 Å². The van der Waals surface area contributed by atoms with Crippen molar-refractivity contribution >= 4 is 23.3 Å². The summed E-state index contributed by atoms with van der Waals surface area (Å²) in [6.07, 6.45) is 0. The van der Waals surface area contributed by atoms with Gasteiger partial charge in [0.2, 0.25) is 0 Å². The van der Waals surface area contributed by atoms with Crippen molar-refractivity contribution in [3.63, 3.8) is 0 Å². The van der Waals surface area contributed by atoms with E-state index in [2.05, 4.69) is 10.2 Å². The Bertz CT molecular complexity index is 811. The number of carbonyl (C=O) groups excluding carboxylic acids is 2. The molecule has 1 aliphatic heterocycles. The molecule has 27 heavy (non-hydrogen) atoms. The van der Waals surface area contributed by atoms with Crippen molar-refractivity contribution in [1.82, 2.24) is 0 Å². The monoisotopic (exact) mass is 368 g/mol. The minimum absolute atomic E-state index is 0.219. The van der Waals surface area contributed by atoms with Crippen LogP contribution in [0.4, 0.5) is 11.4 Å². The van der Waals surface area contributed by atoms with Crippen LogP contribution in [0.15, 0.2) is 42.5 Å². The van der Waals surface area contributed by atoms with Gasteiger partial charge in [0, 0.05) is 24.3 Å². The van der Waals surface area contributed by atoms with Crippen LogP contribution >= 0.6 is 0 Å². The number of aryl methyl sites for hydroxylation is 1. The summed E-state index contributed by atoms with van der Waals surface area (Å²) >= 11 is 0. The highest BCUT2D eigenvalue weighted by Gasteiger charge is 2.20. The van der Waals surface area contributed by atoms with Crippen LogP contribution < -0.4 is 10.2 Å². The molecule has 1 fully saturated rings. The van der Waals surface area contributed by atoms with Crippen LogP contribution in [-0.2, 0) is 9.47 Å². The Kier molecular flexibility index (Phi) is 6.08. The average Bonchev–Trinajstić information content (AvgIpc) is 2.69. The maximum absolute atomic E-state index is 12.5. The zero-order valence-corrected chi connectivity index (χ0v) is 15.7. The van der Waals surface area contributed by atoms with Gasteiger partial charge in [-0.05, 0) is 44.2 Å². The van der Waals surface area contributed by atoms with Crippen LogP contribution in [0.25, 0.3) is 0 Å². The molecule has 6 heteroatoms. The number of benzene rings is 2. The van der Waals surface area contributed by atoms with Crippen molar-refractivity contribution in [2.75, 3.05) is 43.1 Å². The highest BCUT2D eigenvalue weighted by atomic mass is 16.5. The normalized spacial score (nSPS) is 13.9. The Morgan fingerprint density at radius 3 is 2.48 bits per heavy atom. The van der Waals surface area contributed by atoms with Crippen LogP contribution in [0.5, 0.6) is 0 Å². The molecule has 1 amide bonds. The lowest BCUT2D eigenvalue weighted by Gasteiger charge is -2.30. The quantitative estimate of drug-likeness (QED) is 0.821. The number of nitrogens with zero attached hydrogens (tertiary/aromatic N) is 1. The van der Waals surface area contributed by atoms with E-state index in [0.29, 0.717) is 49.7 Å². The number of amides is 1. The predicted molar refractivity (Wildman–Crippen MR) is 105 cm³/mol. The molecular formula is C21H24N2O4. The molecule has 0 saturated carbocycles. The van der Waals surface area contributed by atoms with E-state index < -0.39 is 5.97 Å². The van der Waals surface area contributed by atoms with Gasteiger partial charge in [0.15, 0.2) is 0 Å². The second-order valence-electron chi connectivity index (χ2n) is 6.37. The third-order valence-electron chi connectivity index (χ3n) is 4.42. The second kappa shape index (κ2) is 8.68. The molecule has 0 spiro atoms. The van der Waals surface area contributed by atoms with E-state index in [0.717, 1.165) is 11.3 Å². The van der Waals surface area contributed by atoms with Crippen molar-refractivity contribution < 1.29 is 19.1 Å². The molecule has 0 radical (unpaired) electrons. The van der Waals surface area contributed by atoms with E-state index in [1.807, 2.05) is 25.1 Å². The molecule has 2 aromatic carbocycles. The number of carbonyl (C=O) groups is 2. The SMILES string of the molecule is CCOC(=O)c1cc(NC(=O)c2ccc(C)cc2)ccc1N1CCOCC1. The molecule has 1 N–H and O–H groups in total. The van der Waals surface area contributed by atoms with Gasteiger partial charge in [-0.1, -0.05) is 17.7 Å². The van der Waals surface area contributed by atoms with Gasteiger partial charge in [-0.25, -0.2) is 4.79 Å². The molecule has 1 aliphatic rings. The number of nitrogens with one attached hydrogen (secondary N) is 1. The highest BCUT2D eigenvalue weighted by Crippen LogP contribution is 2.26. The molecule has 1 saturated heterocycles. The largest absolute Gasteiger partial charge is 0.462 e. The molecule has 0 aromatic heterocycles. The first kappa shape index (κ1) is 18.9. The number of ether oxygens (including phenoxy) is 2. The minimum atomic E-state index is -0.398. The van der Waals surface area contributed by atoms with Gasteiger partial charge in [-0.3, -0.25) is 4.79 Å². The Morgan fingerprint density at radius 1 is 1.11 bits per heavy atom. The summed E-state index contributed by atoms with van der Waals surface area (Å²) in [6, 6.07) is 12.7. The van der Waals surface area contributed by atoms with Gasteiger partial charge in [-0.2, -0.15) is 0 Å². The van der Waals surface area contributed by atoms with Crippen LogP contribution in [0.1, 0.15) is 33.2 Å². The van der Waals surface area contributed by atoms with E-state index in [1.54, 1.807) is 31.2 Å². The van der Waals surface area contributed by atoms with Crippen LogP contribution in [-0.4, -0.2) is 44.8 Å². The third kappa shape index (κ3) is 4.65. The smallest absolute Gasteiger partial charge is 0.340 e. The average molecular weight is 368 g/mol. The van der Waals surface area contributed by atoms with E-state index in [9.17, 15) is 9.59 Å². The Balaban J connectivity index is 1.85. The number of morpholine rings is 1. The van der Waals surface area contributed by atoms with Crippen molar-refractivity contribution in [2.24, 2.45) is 0 Å². The summed E-state index contributed by atoms with van der Waals surface area (Å²) in [6.45, 7) is 6.69. The number of hydrogen-bond donors (Lipinski definition) is 1. The molecule has 0 bridgehead atoms. The van der Waals surface area contributed by atoms with E-state index in [4.69, 9.17) is 9.47 Å². The minimum Gasteiger partial charge on any atom is -0.462 e. The molecule has 1 heterocycles. The molecule has 2 aromatic rings. The summed E-state index contributed by atoms with van der Waals surface area (Å²) in [5.41, 5.74) is 3.45. The number of hydrogen-bond acceptors (Lipinski definition) is 5. The molecule has 0 atom stereocenters. The molecule has 142 valence electrons. The first-order valence-corrected chi connectivity index (χ1v) is 9.10. The van der Waals surface area contributed by atoms with Crippen molar-refractivity contribution in [1.29, 1.82) is 0 Å². The van der Waals surface area contributed by atoms with E-state index >= 15 is 0 Å². The lowest BCUT2D eigenvalue weighted by atomic mass is 10.1. The van der Waals surface area contributed by atoms with Crippen LogP contribution in [0.2, 0.25) is 0 Å². The van der Waals surface area contributed by atoms with Gasteiger partial charge >= 0.3 is 5.97 Å². The fourth-order valence-corrected chi connectivity index (χ4v) is 2.97. The highest BCUT2D eigenvalue weighted by molar-refractivity contribution is 6.05. The van der Waals surface area contributed by atoms with Crippen molar-refractivity contribution in [3.8, 4) is 0 Å². The molecule has 6 nitrogen and oxygen atoms in total. The lowest BCUT2D eigenvalue weighted by Crippen LogP contribution is -2.37. The Hall–Kier alpha value is -2.86. The number of anilines is 2. The zero-order chi connectivity index (χ0) is 19.2. The van der Waals surface area contributed by atoms with Crippen molar-refractivity contribution in [3.05, 3.63) is 59.2 Å². The van der Waals surface area contributed by atoms with Crippen LogP contribution in [0, 0.1) is 6.92 Å². The zero-order valence-electron chi connectivity index (χ0n) is 15.7. The van der Waals surface area contributed by atoms with E-state index in [1.165, 1.54) is 0 Å². The van der Waals surface area contributed by atoms with Gasteiger partial charge in [0.05, 0.1) is 31.1 Å². The summed E-state index contributed by atoms with van der Waals surface area (Å²) in [5.74, 6) is -0.616. The first-order chi connectivity index (χ1) is 13.1. The predicted octanol–water partition coefficient (Wildman–Crippen LogP) is 3.26. The maximum Gasteiger partial charge on any atom is 0.340 e. The fraction of sp³-hybridized carbons (Fsp3) is 0.333. The Morgan fingerprint density at radius 2 is 1.81 bits per heavy atom. The standard InChI is InChI=1S/C21H24N2O4/c1-3-27-21(25)18-14-17(8-9-19(18)23-10-12-26-13-11-23)22-20(24)16-6-4-15(2)5-7-16/h4-9,14H,3,10-13H2,1-2H3,(H,22,24).